The Labute approximate surface area is 171 Å². The van der Waals surface area contributed by atoms with E-state index in [1.807, 2.05) is 13.8 Å². The van der Waals surface area contributed by atoms with Gasteiger partial charge in [0.15, 0.2) is 0 Å². The number of hydrogen-bond donors (Lipinski definition) is 1. The van der Waals surface area contributed by atoms with Crippen LogP contribution in [-0.2, 0) is 16.7 Å². The third kappa shape index (κ3) is 6.86. The van der Waals surface area contributed by atoms with Crippen molar-refractivity contribution in [2.24, 2.45) is 0 Å². The fourth-order valence-electron chi connectivity index (χ4n) is 2.63. The van der Waals surface area contributed by atoms with E-state index in [1.165, 1.54) is 14.2 Å². The number of ether oxygens (including phenoxy) is 2. The Morgan fingerprint density at radius 2 is 1.66 bits per heavy atom. The Hall–Kier alpha value is -2.94. The maximum absolute atomic E-state index is 12.9. The SMILES string of the molecule is COc1cc(NC(=O)N(Cc2cccc(OS(C)(=O)=O)c2)C(C)C)cc(OC)c1. The fraction of sp³-hybridized carbons (Fsp3) is 0.350. The summed E-state index contributed by atoms with van der Waals surface area (Å²) in [7, 11) is -0.557. The molecule has 1 N–H and O–H groups in total. The fourth-order valence-corrected chi connectivity index (χ4v) is 3.08. The summed E-state index contributed by atoms with van der Waals surface area (Å²) in [5.41, 5.74) is 1.27. The summed E-state index contributed by atoms with van der Waals surface area (Å²) in [6, 6.07) is 11.3. The quantitative estimate of drug-likeness (QED) is 0.655. The van der Waals surface area contributed by atoms with Gasteiger partial charge in [-0.15, -0.1) is 0 Å². The van der Waals surface area contributed by atoms with Gasteiger partial charge in [-0.05, 0) is 31.5 Å². The zero-order chi connectivity index (χ0) is 21.6. The van der Waals surface area contributed by atoms with E-state index in [0.29, 0.717) is 17.2 Å². The van der Waals surface area contributed by atoms with Crippen LogP contribution in [0.15, 0.2) is 42.5 Å². The van der Waals surface area contributed by atoms with E-state index in [4.69, 9.17) is 13.7 Å². The number of methoxy groups -OCH3 is 2. The highest BCUT2D eigenvalue weighted by Gasteiger charge is 2.19. The van der Waals surface area contributed by atoms with Crippen LogP contribution in [0.25, 0.3) is 0 Å². The van der Waals surface area contributed by atoms with E-state index in [9.17, 15) is 13.2 Å². The number of urea groups is 1. The summed E-state index contributed by atoms with van der Waals surface area (Å²) in [5.74, 6) is 1.31. The molecular weight excluding hydrogens is 396 g/mol. The maximum Gasteiger partial charge on any atom is 0.322 e. The minimum atomic E-state index is -3.63. The monoisotopic (exact) mass is 422 g/mol. The summed E-state index contributed by atoms with van der Waals surface area (Å²) in [5, 5.41) is 2.85. The lowest BCUT2D eigenvalue weighted by molar-refractivity contribution is 0.193. The summed E-state index contributed by atoms with van der Waals surface area (Å²) in [4.78, 5) is 14.5. The molecule has 9 heteroatoms. The molecule has 0 heterocycles. The van der Waals surface area contributed by atoms with E-state index >= 15 is 0 Å². The van der Waals surface area contributed by atoms with Crippen molar-refractivity contribution >= 4 is 21.8 Å². The molecule has 0 aliphatic rings. The molecule has 8 nitrogen and oxygen atoms in total. The van der Waals surface area contributed by atoms with E-state index in [1.54, 1.807) is 47.4 Å². The van der Waals surface area contributed by atoms with Crippen molar-refractivity contribution < 1.29 is 26.9 Å². The van der Waals surface area contributed by atoms with Crippen molar-refractivity contribution in [1.29, 1.82) is 0 Å². The van der Waals surface area contributed by atoms with Gasteiger partial charge in [-0.1, -0.05) is 12.1 Å². The highest BCUT2D eigenvalue weighted by Crippen LogP contribution is 2.26. The Morgan fingerprint density at radius 1 is 1.03 bits per heavy atom. The van der Waals surface area contributed by atoms with Crippen LogP contribution in [0.4, 0.5) is 10.5 Å². The molecule has 2 rings (SSSR count). The minimum absolute atomic E-state index is 0.109. The molecule has 2 aromatic rings. The molecule has 29 heavy (non-hydrogen) atoms. The normalized spacial score (nSPS) is 11.1. The molecule has 0 unspecified atom stereocenters. The molecule has 2 aromatic carbocycles. The number of carbonyl (C=O) groups is 1. The average molecular weight is 423 g/mol. The lowest BCUT2D eigenvalue weighted by Gasteiger charge is -2.27. The standard InChI is InChI=1S/C20H26N2O6S/c1-14(2)22(13-15-7-6-8-17(9-15)28-29(5,24)25)20(23)21-16-10-18(26-3)12-19(11-16)27-4/h6-12,14H,13H2,1-5H3,(H,21,23). The molecule has 0 aliphatic heterocycles. The molecule has 0 aliphatic carbocycles. The summed E-state index contributed by atoms with van der Waals surface area (Å²) >= 11 is 0. The van der Waals surface area contributed by atoms with E-state index < -0.39 is 10.1 Å². The predicted octanol–water partition coefficient (Wildman–Crippen LogP) is 3.48. The number of amides is 2. The molecule has 0 saturated carbocycles. The molecule has 158 valence electrons. The summed E-state index contributed by atoms with van der Waals surface area (Å²) < 4.78 is 38.1. The Bertz CT molecular complexity index is 937. The van der Waals surface area contributed by atoms with Crippen LogP contribution in [0.2, 0.25) is 0 Å². The second kappa shape index (κ2) is 9.51. The van der Waals surface area contributed by atoms with Gasteiger partial charge in [0.1, 0.15) is 17.2 Å². The van der Waals surface area contributed by atoms with Crippen LogP contribution in [0, 0.1) is 0 Å². The van der Waals surface area contributed by atoms with Crippen molar-refractivity contribution in [2.45, 2.75) is 26.4 Å². The van der Waals surface area contributed by atoms with E-state index in [-0.39, 0.29) is 24.4 Å². The van der Waals surface area contributed by atoms with Gasteiger partial charge in [-0.2, -0.15) is 8.42 Å². The number of carbonyl (C=O) groups excluding carboxylic acids is 1. The maximum atomic E-state index is 12.9. The van der Waals surface area contributed by atoms with Crippen molar-refractivity contribution in [3.63, 3.8) is 0 Å². The first-order valence-corrected chi connectivity index (χ1v) is 10.7. The largest absolute Gasteiger partial charge is 0.497 e. The number of benzene rings is 2. The molecule has 0 fully saturated rings. The number of rotatable bonds is 8. The predicted molar refractivity (Wildman–Crippen MR) is 111 cm³/mol. The first-order valence-electron chi connectivity index (χ1n) is 8.90. The Balaban J connectivity index is 2.20. The Kier molecular flexibility index (Phi) is 7.33. The van der Waals surface area contributed by atoms with Crippen LogP contribution in [0.5, 0.6) is 17.2 Å². The molecular formula is C20H26N2O6S. The van der Waals surface area contributed by atoms with Crippen molar-refractivity contribution in [1.82, 2.24) is 4.90 Å². The molecule has 0 atom stereocenters. The van der Waals surface area contributed by atoms with Crippen molar-refractivity contribution in [3.05, 3.63) is 48.0 Å². The number of anilines is 1. The van der Waals surface area contributed by atoms with Crippen LogP contribution in [0.1, 0.15) is 19.4 Å². The molecule has 0 spiro atoms. The third-order valence-electron chi connectivity index (χ3n) is 3.99. The zero-order valence-corrected chi connectivity index (χ0v) is 17.9. The zero-order valence-electron chi connectivity index (χ0n) is 17.1. The summed E-state index contributed by atoms with van der Waals surface area (Å²) in [6.45, 7) is 4.05. The average Bonchev–Trinajstić information content (AvgIpc) is 2.64. The number of hydrogen-bond acceptors (Lipinski definition) is 6. The lowest BCUT2D eigenvalue weighted by atomic mass is 10.2. The lowest BCUT2D eigenvalue weighted by Crippen LogP contribution is -2.39. The minimum Gasteiger partial charge on any atom is -0.497 e. The molecule has 0 aromatic heterocycles. The molecule has 2 amide bonds. The van der Waals surface area contributed by atoms with Gasteiger partial charge in [0.25, 0.3) is 0 Å². The van der Waals surface area contributed by atoms with Gasteiger partial charge in [-0.25, -0.2) is 4.79 Å². The van der Waals surface area contributed by atoms with Crippen LogP contribution in [-0.4, -0.2) is 45.9 Å². The molecule has 0 bridgehead atoms. The van der Waals surface area contributed by atoms with Gasteiger partial charge in [0.05, 0.1) is 20.5 Å². The van der Waals surface area contributed by atoms with Crippen molar-refractivity contribution in [2.75, 3.05) is 25.8 Å². The Morgan fingerprint density at radius 3 is 2.17 bits per heavy atom. The van der Waals surface area contributed by atoms with E-state index in [2.05, 4.69) is 5.32 Å². The first-order chi connectivity index (χ1) is 13.6. The summed E-state index contributed by atoms with van der Waals surface area (Å²) in [6.07, 6.45) is 0.982. The van der Waals surface area contributed by atoms with Gasteiger partial charge in [-0.3, -0.25) is 0 Å². The number of nitrogens with one attached hydrogen (secondary N) is 1. The second-order valence-corrected chi connectivity index (χ2v) is 8.26. The van der Waals surface area contributed by atoms with Crippen molar-refractivity contribution in [3.8, 4) is 17.2 Å². The topological polar surface area (TPSA) is 94.2 Å². The van der Waals surface area contributed by atoms with Gasteiger partial charge in [0.2, 0.25) is 0 Å². The van der Waals surface area contributed by atoms with Gasteiger partial charge in [0, 0.05) is 36.5 Å². The smallest absolute Gasteiger partial charge is 0.322 e. The van der Waals surface area contributed by atoms with Gasteiger partial charge < -0.3 is 23.9 Å². The highest BCUT2D eigenvalue weighted by atomic mass is 32.2. The van der Waals surface area contributed by atoms with E-state index in [0.717, 1.165) is 11.8 Å². The molecule has 0 radical (unpaired) electrons. The van der Waals surface area contributed by atoms with Crippen LogP contribution >= 0.6 is 0 Å². The highest BCUT2D eigenvalue weighted by molar-refractivity contribution is 7.86. The third-order valence-corrected chi connectivity index (χ3v) is 4.48. The van der Waals surface area contributed by atoms with Crippen LogP contribution < -0.4 is 19.0 Å². The molecule has 0 saturated heterocycles. The van der Waals surface area contributed by atoms with Gasteiger partial charge >= 0.3 is 16.1 Å². The first kappa shape index (κ1) is 22.4. The number of nitrogens with zero attached hydrogens (tertiary/aromatic N) is 1. The second-order valence-electron chi connectivity index (χ2n) is 6.69. The van der Waals surface area contributed by atoms with Crippen LogP contribution in [0.3, 0.4) is 0 Å².